The molecule has 0 heterocycles. The Morgan fingerprint density at radius 1 is 1.33 bits per heavy atom. The second kappa shape index (κ2) is 5.03. The summed E-state index contributed by atoms with van der Waals surface area (Å²) in [4.78, 5) is 0. The third-order valence-corrected chi connectivity index (χ3v) is 2.12. The van der Waals surface area contributed by atoms with Crippen LogP contribution in [-0.4, -0.2) is 11.0 Å². The highest BCUT2D eigenvalue weighted by Gasteiger charge is 2.30. The second-order valence-electron chi connectivity index (χ2n) is 3.48. The smallest absolute Gasteiger partial charge is 0.254 e. The van der Waals surface area contributed by atoms with E-state index in [1.165, 1.54) is 0 Å². The van der Waals surface area contributed by atoms with Gasteiger partial charge in [-0.15, -0.1) is 6.58 Å². The summed E-state index contributed by atoms with van der Waals surface area (Å²) < 4.78 is 26.3. The van der Waals surface area contributed by atoms with Crippen molar-refractivity contribution in [2.75, 3.05) is 0 Å². The van der Waals surface area contributed by atoms with E-state index >= 15 is 0 Å². The fourth-order valence-electron chi connectivity index (χ4n) is 1.37. The predicted molar refractivity (Wildman–Crippen MR) is 55.8 cm³/mol. The minimum Gasteiger partial charge on any atom is -0.388 e. The van der Waals surface area contributed by atoms with E-state index in [4.69, 9.17) is 0 Å². The van der Waals surface area contributed by atoms with Crippen molar-refractivity contribution in [2.24, 2.45) is 0 Å². The molecule has 1 nitrogen and oxygen atoms in total. The molecule has 1 aromatic carbocycles. The first-order valence-corrected chi connectivity index (χ1v) is 4.77. The van der Waals surface area contributed by atoms with Crippen LogP contribution in [0.1, 0.15) is 24.5 Å². The maximum absolute atomic E-state index is 13.1. The molecule has 1 rings (SSSR count). The number of allylic oxidation sites excluding steroid dienone is 1. The maximum Gasteiger partial charge on any atom is 0.254 e. The van der Waals surface area contributed by atoms with E-state index in [0.29, 0.717) is 5.56 Å². The number of aliphatic hydroxyl groups is 1. The van der Waals surface area contributed by atoms with Crippen LogP contribution in [0, 0.1) is 0 Å². The van der Waals surface area contributed by atoms with Crippen LogP contribution in [-0.2, 0) is 0 Å². The molecule has 0 aliphatic heterocycles. The maximum atomic E-state index is 13.1. The number of alkyl halides is 2. The van der Waals surface area contributed by atoms with Gasteiger partial charge in [0.1, 0.15) is 0 Å². The molecule has 1 unspecified atom stereocenters. The summed E-state index contributed by atoms with van der Waals surface area (Å²) >= 11 is 0. The first-order chi connectivity index (χ1) is 7.05. The Morgan fingerprint density at radius 3 is 2.47 bits per heavy atom. The fraction of sp³-hybridized carbons (Fsp3) is 0.333. The fourth-order valence-corrected chi connectivity index (χ4v) is 1.37. The van der Waals surface area contributed by atoms with Gasteiger partial charge in [-0.25, -0.2) is 8.78 Å². The number of halogens is 2. The standard InChI is InChI=1S/C12H14F2O/c1-2-8-12(13,14)9-11(15)10-6-4-3-5-7-10/h2-7,11,15H,1,8-9H2. The third-order valence-electron chi connectivity index (χ3n) is 2.12. The van der Waals surface area contributed by atoms with Crippen molar-refractivity contribution in [1.82, 2.24) is 0 Å². The van der Waals surface area contributed by atoms with Gasteiger partial charge in [-0.2, -0.15) is 0 Å². The molecule has 0 saturated carbocycles. The van der Waals surface area contributed by atoms with Crippen LogP contribution in [0.5, 0.6) is 0 Å². The molecule has 0 radical (unpaired) electrons. The summed E-state index contributed by atoms with van der Waals surface area (Å²) in [6.07, 6.45) is -0.932. The van der Waals surface area contributed by atoms with E-state index in [0.717, 1.165) is 6.08 Å². The van der Waals surface area contributed by atoms with E-state index in [1.807, 2.05) is 0 Å². The zero-order chi connectivity index (χ0) is 11.3. The number of benzene rings is 1. The molecular formula is C12H14F2O. The summed E-state index contributed by atoms with van der Waals surface area (Å²) in [6, 6.07) is 8.47. The van der Waals surface area contributed by atoms with E-state index in [-0.39, 0.29) is 0 Å². The van der Waals surface area contributed by atoms with Crippen LogP contribution in [0.3, 0.4) is 0 Å². The van der Waals surface area contributed by atoms with E-state index in [2.05, 4.69) is 6.58 Å². The van der Waals surface area contributed by atoms with Gasteiger partial charge in [-0.05, 0) is 5.56 Å². The Kier molecular flexibility index (Phi) is 3.97. The molecule has 0 amide bonds. The van der Waals surface area contributed by atoms with E-state index < -0.39 is 24.9 Å². The van der Waals surface area contributed by atoms with Crippen LogP contribution in [0.4, 0.5) is 8.78 Å². The van der Waals surface area contributed by atoms with Gasteiger partial charge in [-0.1, -0.05) is 36.4 Å². The largest absolute Gasteiger partial charge is 0.388 e. The second-order valence-corrected chi connectivity index (χ2v) is 3.48. The summed E-state index contributed by atoms with van der Waals surface area (Å²) in [5.41, 5.74) is 0.515. The Hall–Kier alpha value is -1.22. The molecule has 0 saturated heterocycles. The minimum absolute atomic E-state index is 0.406. The summed E-state index contributed by atoms with van der Waals surface area (Å²) in [6.45, 7) is 3.26. The molecule has 1 atom stereocenters. The first-order valence-electron chi connectivity index (χ1n) is 4.77. The SMILES string of the molecule is C=CCC(F)(F)CC(O)c1ccccc1. The van der Waals surface area contributed by atoms with Crippen molar-refractivity contribution >= 4 is 0 Å². The molecular weight excluding hydrogens is 198 g/mol. The monoisotopic (exact) mass is 212 g/mol. The average Bonchev–Trinajstić information content (AvgIpc) is 2.18. The van der Waals surface area contributed by atoms with Crippen molar-refractivity contribution in [3.63, 3.8) is 0 Å². The summed E-state index contributed by atoms with van der Waals surface area (Å²) in [7, 11) is 0. The van der Waals surface area contributed by atoms with Gasteiger partial charge in [-0.3, -0.25) is 0 Å². The zero-order valence-electron chi connectivity index (χ0n) is 8.37. The zero-order valence-corrected chi connectivity index (χ0v) is 8.37. The van der Waals surface area contributed by atoms with E-state index in [9.17, 15) is 13.9 Å². The van der Waals surface area contributed by atoms with Crippen LogP contribution in [0.2, 0.25) is 0 Å². The lowest BCUT2D eigenvalue weighted by atomic mass is 10.0. The number of rotatable bonds is 5. The Labute approximate surface area is 88.1 Å². The lowest BCUT2D eigenvalue weighted by Gasteiger charge is -2.18. The molecule has 0 aliphatic rings. The van der Waals surface area contributed by atoms with Crippen molar-refractivity contribution in [2.45, 2.75) is 24.9 Å². The average molecular weight is 212 g/mol. The first kappa shape index (κ1) is 11.9. The Morgan fingerprint density at radius 2 is 1.93 bits per heavy atom. The molecule has 0 bridgehead atoms. The molecule has 0 aromatic heterocycles. The highest BCUT2D eigenvalue weighted by atomic mass is 19.3. The van der Waals surface area contributed by atoms with E-state index in [1.54, 1.807) is 30.3 Å². The van der Waals surface area contributed by atoms with Gasteiger partial charge in [0.05, 0.1) is 6.10 Å². The van der Waals surface area contributed by atoms with Crippen LogP contribution < -0.4 is 0 Å². The molecule has 0 fully saturated rings. The molecule has 15 heavy (non-hydrogen) atoms. The van der Waals surface area contributed by atoms with Crippen molar-refractivity contribution in [1.29, 1.82) is 0 Å². The number of hydrogen-bond donors (Lipinski definition) is 1. The van der Waals surface area contributed by atoms with Gasteiger partial charge in [0.25, 0.3) is 5.92 Å². The normalized spacial score (nSPS) is 13.5. The topological polar surface area (TPSA) is 20.2 Å². The lowest BCUT2D eigenvalue weighted by molar-refractivity contribution is -0.0421. The summed E-state index contributed by atoms with van der Waals surface area (Å²) in [5.74, 6) is -2.89. The molecule has 82 valence electrons. The molecule has 3 heteroatoms. The Balaban J connectivity index is 2.63. The van der Waals surface area contributed by atoms with Crippen molar-refractivity contribution in [3.05, 3.63) is 48.6 Å². The van der Waals surface area contributed by atoms with Gasteiger partial charge >= 0.3 is 0 Å². The number of aliphatic hydroxyl groups excluding tert-OH is 1. The molecule has 1 aromatic rings. The highest BCUT2D eigenvalue weighted by Crippen LogP contribution is 2.30. The minimum atomic E-state index is -2.89. The third kappa shape index (κ3) is 3.80. The van der Waals surface area contributed by atoms with Gasteiger partial charge in [0, 0.05) is 12.8 Å². The lowest BCUT2D eigenvalue weighted by Crippen LogP contribution is -2.19. The van der Waals surface area contributed by atoms with Crippen molar-refractivity contribution < 1.29 is 13.9 Å². The quantitative estimate of drug-likeness (QED) is 0.742. The number of hydrogen-bond acceptors (Lipinski definition) is 1. The van der Waals surface area contributed by atoms with Gasteiger partial charge in [0.2, 0.25) is 0 Å². The van der Waals surface area contributed by atoms with Crippen LogP contribution in [0.25, 0.3) is 0 Å². The van der Waals surface area contributed by atoms with Gasteiger partial charge < -0.3 is 5.11 Å². The predicted octanol–water partition coefficient (Wildman–Crippen LogP) is 3.32. The molecule has 1 N–H and O–H groups in total. The van der Waals surface area contributed by atoms with Crippen LogP contribution >= 0.6 is 0 Å². The highest BCUT2D eigenvalue weighted by molar-refractivity contribution is 5.17. The Bertz CT molecular complexity index is 309. The van der Waals surface area contributed by atoms with Crippen molar-refractivity contribution in [3.8, 4) is 0 Å². The molecule has 0 aliphatic carbocycles. The van der Waals surface area contributed by atoms with Gasteiger partial charge in [0.15, 0.2) is 0 Å². The van der Waals surface area contributed by atoms with Crippen LogP contribution in [0.15, 0.2) is 43.0 Å². The molecule has 0 spiro atoms. The summed E-state index contributed by atoms with van der Waals surface area (Å²) in [5, 5.41) is 9.57.